The highest BCUT2D eigenvalue weighted by molar-refractivity contribution is 6.32. The fraction of sp³-hybridized carbons (Fsp3) is 0.312. The summed E-state index contributed by atoms with van der Waals surface area (Å²) in [7, 11) is 0. The number of aliphatic carboxylic acids is 1. The van der Waals surface area contributed by atoms with Gasteiger partial charge in [0.1, 0.15) is 6.10 Å². The van der Waals surface area contributed by atoms with E-state index in [2.05, 4.69) is 24.8 Å². The van der Waals surface area contributed by atoms with Gasteiger partial charge in [0.05, 0.1) is 12.8 Å². The lowest BCUT2D eigenvalue weighted by Gasteiger charge is -2.28. The first-order valence-electron chi connectivity index (χ1n) is 13.4. The maximum absolute atomic E-state index is 12.8. The predicted molar refractivity (Wildman–Crippen MR) is 163 cm³/mol. The number of halogens is 3. The molecule has 0 fully saturated rings. The molecule has 1 aliphatic carbocycles. The average Bonchev–Trinajstić information content (AvgIpc) is 3.22. The maximum atomic E-state index is 12.8. The van der Waals surface area contributed by atoms with E-state index in [-0.39, 0.29) is 12.8 Å². The van der Waals surface area contributed by atoms with E-state index >= 15 is 0 Å². The van der Waals surface area contributed by atoms with Crippen molar-refractivity contribution in [3.05, 3.63) is 91.9 Å². The second-order valence-electron chi connectivity index (χ2n) is 9.84. The van der Waals surface area contributed by atoms with Gasteiger partial charge in [-0.3, -0.25) is 14.5 Å². The Morgan fingerprint density at radius 1 is 0.900 bits per heavy atom. The van der Waals surface area contributed by atoms with Crippen LogP contribution in [0.25, 0.3) is 22.8 Å². The van der Waals surface area contributed by atoms with Crippen LogP contribution in [0.4, 0.5) is 0 Å². The molecule has 0 saturated carbocycles. The number of rotatable bonds is 12. The minimum atomic E-state index is -1.04. The van der Waals surface area contributed by atoms with E-state index in [1.807, 2.05) is 54.6 Å². The lowest BCUT2D eigenvalue weighted by molar-refractivity contribution is -0.153. The standard InChI is InChI=1S/C32H32Cl3NO4/c1-3-5-14-36(4-2)19-29(40-31(39)13-12-30(37)38)28-18-23(35)17-27-25(15-20-6-8-21(33)9-7-20)26-16-22(34)10-11-24(26)32(27)28/h6-11,15-18,29H,3-5,12-14,19H2,1-2H3,(H,37,38)/b25-15-. The normalized spacial score (nSPS) is 13.8. The molecule has 0 aliphatic heterocycles. The van der Waals surface area contributed by atoms with Crippen LogP contribution in [-0.2, 0) is 14.3 Å². The van der Waals surface area contributed by atoms with Crippen LogP contribution in [0, 0.1) is 0 Å². The van der Waals surface area contributed by atoms with Crippen LogP contribution >= 0.6 is 34.8 Å². The van der Waals surface area contributed by atoms with Gasteiger partial charge in [0.2, 0.25) is 0 Å². The molecule has 5 nitrogen and oxygen atoms in total. The fourth-order valence-corrected chi connectivity index (χ4v) is 5.52. The van der Waals surface area contributed by atoms with Crippen molar-refractivity contribution in [2.75, 3.05) is 19.6 Å². The second-order valence-corrected chi connectivity index (χ2v) is 11.1. The Kier molecular flexibility index (Phi) is 10.3. The first kappa shape index (κ1) is 30.1. The minimum Gasteiger partial charge on any atom is -0.481 e. The van der Waals surface area contributed by atoms with Gasteiger partial charge in [-0.15, -0.1) is 0 Å². The van der Waals surface area contributed by atoms with Crippen molar-refractivity contribution in [2.45, 2.75) is 45.6 Å². The molecule has 0 saturated heterocycles. The maximum Gasteiger partial charge on any atom is 0.307 e. The van der Waals surface area contributed by atoms with Crippen molar-refractivity contribution >= 4 is 58.4 Å². The van der Waals surface area contributed by atoms with Crippen molar-refractivity contribution < 1.29 is 19.4 Å². The summed E-state index contributed by atoms with van der Waals surface area (Å²) in [6, 6.07) is 17.1. The van der Waals surface area contributed by atoms with Gasteiger partial charge in [-0.2, -0.15) is 0 Å². The number of hydrogen-bond donors (Lipinski definition) is 1. The van der Waals surface area contributed by atoms with Gasteiger partial charge in [0.25, 0.3) is 0 Å². The summed E-state index contributed by atoms with van der Waals surface area (Å²) in [6.45, 7) is 6.30. The van der Waals surface area contributed by atoms with Gasteiger partial charge < -0.3 is 9.84 Å². The number of ether oxygens (including phenoxy) is 1. The Hall–Kier alpha value is -2.83. The van der Waals surface area contributed by atoms with E-state index < -0.39 is 18.0 Å². The zero-order valence-electron chi connectivity index (χ0n) is 22.6. The van der Waals surface area contributed by atoms with Crippen LogP contribution in [0.1, 0.15) is 67.9 Å². The van der Waals surface area contributed by atoms with Crippen LogP contribution in [0.3, 0.4) is 0 Å². The molecule has 0 spiro atoms. The van der Waals surface area contributed by atoms with E-state index in [4.69, 9.17) is 44.6 Å². The fourth-order valence-electron chi connectivity index (χ4n) is 5.00. The number of likely N-dealkylation sites (N-methyl/N-ethyl adjacent to an activating group) is 1. The molecule has 0 radical (unpaired) electrons. The third kappa shape index (κ3) is 7.27. The number of carboxylic acids is 1. The lowest BCUT2D eigenvalue weighted by atomic mass is 9.94. The van der Waals surface area contributed by atoms with Gasteiger partial charge in [-0.05, 0) is 95.4 Å². The Morgan fingerprint density at radius 3 is 2.27 bits per heavy atom. The Morgan fingerprint density at radius 2 is 1.60 bits per heavy atom. The molecular weight excluding hydrogens is 569 g/mol. The summed E-state index contributed by atoms with van der Waals surface area (Å²) in [5.41, 5.74) is 6.46. The summed E-state index contributed by atoms with van der Waals surface area (Å²) in [6.07, 6.45) is 2.98. The van der Waals surface area contributed by atoms with Crippen LogP contribution in [0.5, 0.6) is 0 Å². The van der Waals surface area contributed by atoms with Gasteiger partial charge in [0.15, 0.2) is 0 Å². The number of carboxylic acid groups (broad SMARTS) is 1. The summed E-state index contributed by atoms with van der Waals surface area (Å²) in [5.74, 6) is -1.60. The molecule has 1 unspecified atom stereocenters. The number of carbonyl (C=O) groups excluding carboxylic acids is 1. The van der Waals surface area contributed by atoms with Gasteiger partial charge >= 0.3 is 11.9 Å². The highest BCUT2D eigenvalue weighted by Gasteiger charge is 2.32. The Balaban J connectivity index is 1.86. The zero-order valence-corrected chi connectivity index (χ0v) is 24.8. The third-order valence-corrected chi connectivity index (χ3v) is 7.71. The van der Waals surface area contributed by atoms with Crippen molar-refractivity contribution in [3.63, 3.8) is 0 Å². The molecule has 0 aromatic heterocycles. The Labute approximate surface area is 250 Å². The van der Waals surface area contributed by atoms with Crippen LogP contribution in [-0.4, -0.2) is 41.6 Å². The van der Waals surface area contributed by atoms with Gasteiger partial charge in [-0.1, -0.05) is 73.3 Å². The number of unbranched alkanes of at least 4 members (excludes halogenated alkanes) is 1. The Bertz CT molecular complexity index is 1420. The van der Waals surface area contributed by atoms with E-state index in [9.17, 15) is 9.59 Å². The van der Waals surface area contributed by atoms with Crippen molar-refractivity contribution in [1.29, 1.82) is 0 Å². The summed E-state index contributed by atoms with van der Waals surface area (Å²) in [4.78, 5) is 26.2. The summed E-state index contributed by atoms with van der Waals surface area (Å²) >= 11 is 19.3. The quantitative estimate of drug-likeness (QED) is 0.165. The molecule has 40 heavy (non-hydrogen) atoms. The highest BCUT2D eigenvalue weighted by atomic mass is 35.5. The van der Waals surface area contributed by atoms with Crippen LogP contribution < -0.4 is 0 Å². The minimum absolute atomic E-state index is 0.205. The largest absolute Gasteiger partial charge is 0.481 e. The summed E-state index contributed by atoms with van der Waals surface area (Å²) in [5, 5.41) is 10.9. The molecule has 8 heteroatoms. The topological polar surface area (TPSA) is 66.8 Å². The zero-order chi connectivity index (χ0) is 28.8. The number of carbonyl (C=O) groups is 2. The van der Waals surface area contributed by atoms with E-state index in [1.54, 1.807) is 0 Å². The number of esters is 1. The third-order valence-electron chi connectivity index (χ3n) is 7.01. The van der Waals surface area contributed by atoms with E-state index in [0.29, 0.717) is 21.6 Å². The number of fused-ring (bicyclic) bond motifs is 3. The molecular formula is C32H32Cl3NO4. The molecule has 1 N–H and O–H groups in total. The monoisotopic (exact) mass is 599 g/mol. The number of hydrogen-bond acceptors (Lipinski definition) is 4. The molecule has 0 bridgehead atoms. The molecule has 3 aromatic carbocycles. The van der Waals surface area contributed by atoms with Gasteiger partial charge in [-0.25, -0.2) is 0 Å². The lowest BCUT2D eigenvalue weighted by Crippen LogP contribution is -2.32. The molecule has 210 valence electrons. The number of nitrogens with zero attached hydrogens (tertiary/aromatic N) is 1. The molecule has 0 heterocycles. The first-order chi connectivity index (χ1) is 19.2. The first-order valence-corrected chi connectivity index (χ1v) is 14.6. The molecule has 4 rings (SSSR count). The van der Waals surface area contributed by atoms with Crippen LogP contribution in [0.15, 0.2) is 54.6 Å². The van der Waals surface area contributed by atoms with Gasteiger partial charge in [0, 0.05) is 27.2 Å². The second kappa shape index (κ2) is 13.7. The number of benzene rings is 3. The molecule has 3 aromatic rings. The van der Waals surface area contributed by atoms with Crippen molar-refractivity contribution in [1.82, 2.24) is 4.90 Å². The molecule has 0 amide bonds. The molecule has 1 aliphatic rings. The smallest absolute Gasteiger partial charge is 0.307 e. The van der Waals surface area contributed by atoms with Crippen LogP contribution in [0.2, 0.25) is 15.1 Å². The highest BCUT2D eigenvalue weighted by Crippen LogP contribution is 2.50. The van der Waals surface area contributed by atoms with Crippen molar-refractivity contribution in [2.24, 2.45) is 0 Å². The summed E-state index contributed by atoms with van der Waals surface area (Å²) < 4.78 is 6.02. The van der Waals surface area contributed by atoms with E-state index in [1.165, 1.54) is 0 Å². The average molecular weight is 601 g/mol. The van der Waals surface area contributed by atoms with E-state index in [0.717, 1.165) is 64.9 Å². The SMILES string of the molecule is CCCCN(CC)CC(OC(=O)CCC(=O)O)c1cc(Cl)cc2c1-c1ccc(Cl)cc1/C2=C/c1ccc(Cl)cc1. The van der Waals surface area contributed by atoms with Crippen molar-refractivity contribution in [3.8, 4) is 11.1 Å². The molecule has 1 atom stereocenters. The predicted octanol–water partition coefficient (Wildman–Crippen LogP) is 8.79.